The predicted octanol–water partition coefficient (Wildman–Crippen LogP) is 3.20. The molecule has 0 N–H and O–H groups in total. The van der Waals surface area contributed by atoms with E-state index >= 15 is 0 Å². The van der Waals surface area contributed by atoms with Gasteiger partial charge in [0.25, 0.3) is 0 Å². The van der Waals surface area contributed by atoms with Crippen molar-refractivity contribution in [2.45, 2.75) is 24.8 Å². The van der Waals surface area contributed by atoms with Gasteiger partial charge >= 0.3 is 0 Å². The van der Waals surface area contributed by atoms with Gasteiger partial charge in [-0.1, -0.05) is 36.4 Å². The van der Waals surface area contributed by atoms with E-state index in [9.17, 15) is 5.26 Å². The molecule has 0 bridgehead atoms. The van der Waals surface area contributed by atoms with Gasteiger partial charge in [-0.15, -0.1) is 0 Å². The first-order chi connectivity index (χ1) is 11.6. The molecule has 1 aliphatic heterocycles. The molecule has 0 amide bonds. The maximum Gasteiger partial charge on any atom is 0.127 e. The van der Waals surface area contributed by atoms with Gasteiger partial charge in [0.1, 0.15) is 5.82 Å². The molecule has 24 heavy (non-hydrogen) atoms. The van der Waals surface area contributed by atoms with Crippen LogP contribution in [0.15, 0.2) is 48.7 Å². The number of piperidine rings is 1. The monoisotopic (exact) mass is 320 g/mol. The van der Waals surface area contributed by atoms with Gasteiger partial charge in [0, 0.05) is 39.9 Å². The standard InChI is InChI=1S/C20H24N4/c1-23(2)19-9-8-17(14-22-19)15-24-12-10-20(16-21,11-13-24)18-6-4-3-5-7-18/h3-9,14H,10-13,15H2,1-2H3. The van der Waals surface area contributed by atoms with E-state index in [0.29, 0.717) is 0 Å². The van der Waals surface area contributed by atoms with Crippen LogP contribution in [0.5, 0.6) is 0 Å². The molecular formula is C20H24N4. The molecule has 4 heteroatoms. The lowest BCUT2D eigenvalue weighted by Gasteiger charge is -2.37. The summed E-state index contributed by atoms with van der Waals surface area (Å²) in [6.07, 6.45) is 3.73. The lowest BCUT2D eigenvalue weighted by Crippen LogP contribution is -2.41. The molecule has 2 heterocycles. The third-order valence-corrected chi connectivity index (χ3v) is 4.92. The van der Waals surface area contributed by atoms with Crippen molar-refractivity contribution in [2.75, 3.05) is 32.1 Å². The number of pyridine rings is 1. The number of aromatic nitrogens is 1. The molecule has 0 spiro atoms. The van der Waals surface area contributed by atoms with Crippen LogP contribution >= 0.6 is 0 Å². The number of nitriles is 1. The van der Waals surface area contributed by atoms with Crippen LogP contribution in [0, 0.1) is 11.3 Å². The Morgan fingerprint density at radius 2 is 1.83 bits per heavy atom. The van der Waals surface area contributed by atoms with Gasteiger partial charge in [0.15, 0.2) is 0 Å². The van der Waals surface area contributed by atoms with Crippen molar-refractivity contribution in [3.8, 4) is 6.07 Å². The van der Waals surface area contributed by atoms with E-state index in [4.69, 9.17) is 0 Å². The summed E-state index contributed by atoms with van der Waals surface area (Å²) in [6, 6.07) is 17.0. The number of hydrogen-bond donors (Lipinski definition) is 0. The first-order valence-corrected chi connectivity index (χ1v) is 8.44. The Kier molecular flexibility index (Phi) is 4.82. The van der Waals surface area contributed by atoms with Crippen molar-refractivity contribution in [1.29, 1.82) is 5.26 Å². The van der Waals surface area contributed by atoms with Crippen LogP contribution in [-0.2, 0) is 12.0 Å². The van der Waals surface area contributed by atoms with E-state index in [0.717, 1.165) is 43.9 Å². The summed E-state index contributed by atoms with van der Waals surface area (Å²) < 4.78 is 0. The highest BCUT2D eigenvalue weighted by Gasteiger charge is 2.36. The average Bonchev–Trinajstić information content (AvgIpc) is 2.64. The van der Waals surface area contributed by atoms with Crippen LogP contribution in [0.2, 0.25) is 0 Å². The van der Waals surface area contributed by atoms with Gasteiger partial charge in [-0.05, 0) is 30.0 Å². The van der Waals surface area contributed by atoms with Crippen LogP contribution in [-0.4, -0.2) is 37.1 Å². The van der Waals surface area contributed by atoms with Crippen molar-refractivity contribution in [3.63, 3.8) is 0 Å². The molecule has 0 radical (unpaired) electrons. The first-order valence-electron chi connectivity index (χ1n) is 8.44. The molecular weight excluding hydrogens is 296 g/mol. The lowest BCUT2D eigenvalue weighted by molar-refractivity contribution is 0.179. The van der Waals surface area contributed by atoms with E-state index in [-0.39, 0.29) is 5.41 Å². The van der Waals surface area contributed by atoms with Crippen molar-refractivity contribution >= 4 is 5.82 Å². The number of hydrogen-bond acceptors (Lipinski definition) is 4. The van der Waals surface area contributed by atoms with Crippen LogP contribution < -0.4 is 4.90 Å². The van der Waals surface area contributed by atoms with E-state index in [1.54, 1.807) is 0 Å². The molecule has 0 aliphatic carbocycles. The first kappa shape index (κ1) is 16.5. The van der Waals surface area contributed by atoms with Gasteiger partial charge in [-0.2, -0.15) is 5.26 Å². The summed E-state index contributed by atoms with van der Waals surface area (Å²) in [5.74, 6) is 0.977. The third-order valence-electron chi connectivity index (χ3n) is 4.92. The molecule has 1 saturated heterocycles. The molecule has 0 unspecified atom stereocenters. The average molecular weight is 320 g/mol. The number of anilines is 1. The summed E-state index contributed by atoms with van der Waals surface area (Å²) in [7, 11) is 4.00. The second-order valence-corrected chi connectivity index (χ2v) is 6.76. The van der Waals surface area contributed by atoms with E-state index in [1.807, 2.05) is 43.4 Å². The van der Waals surface area contributed by atoms with Gasteiger partial charge in [0.2, 0.25) is 0 Å². The third kappa shape index (κ3) is 3.42. The van der Waals surface area contributed by atoms with Crippen LogP contribution in [0.25, 0.3) is 0 Å². The Bertz CT molecular complexity index is 693. The smallest absolute Gasteiger partial charge is 0.127 e. The minimum absolute atomic E-state index is 0.329. The lowest BCUT2D eigenvalue weighted by atomic mass is 9.74. The fourth-order valence-electron chi connectivity index (χ4n) is 3.35. The normalized spacial score (nSPS) is 17.2. The Morgan fingerprint density at radius 1 is 1.12 bits per heavy atom. The van der Waals surface area contributed by atoms with Gasteiger partial charge in [-0.25, -0.2) is 4.98 Å². The zero-order valence-electron chi connectivity index (χ0n) is 14.4. The predicted molar refractivity (Wildman–Crippen MR) is 96.8 cm³/mol. The summed E-state index contributed by atoms with van der Waals surface area (Å²) in [6.45, 7) is 2.78. The molecule has 1 fully saturated rings. The molecule has 2 aromatic rings. The summed E-state index contributed by atoms with van der Waals surface area (Å²) in [5.41, 5.74) is 2.05. The molecule has 1 aliphatic rings. The zero-order chi connectivity index (χ0) is 17.0. The van der Waals surface area contributed by atoms with Crippen molar-refractivity contribution in [2.24, 2.45) is 0 Å². The van der Waals surface area contributed by atoms with Gasteiger partial charge in [0.05, 0.1) is 11.5 Å². The van der Waals surface area contributed by atoms with Gasteiger partial charge < -0.3 is 4.90 Å². The van der Waals surface area contributed by atoms with E-state index in [2.05, 4.69) is 40.2 Å². The maximum atomic E-state index is 9.77. The van der Waals surface area contributed by atoms with Crippen molar-refractivity contribution < 1.29 is 0 Å². The highest BCUT2D eigenvalue weighted by Crippen LogP contribution is 2.35. The van der Waals surface area contributed by atoms with Crippen molar-refractivity contribution in [1.82, 2.24) is 9.88 Å². The van der Waals surface area contributed by atoms with E-state index in [1.165, 1.54) is 5.56 Å². The highest BCUT2D eigenvalue weighted by atomic mass is 15.1. The number of rotatable bonds is 4. The Morgan fingerprint density at radius 3 is 2.38 bits per heavy atom. The molecule has 124 valence electrons. The minimum Gasteiger partial charge on any atom is -0.363 e. The fourth-order valence-corrected chi connectivity index (χ4v) is 3.35. The Hall–Kier alpha value is -2.38. The molecule has 1 aromatic carbocycles. The molecule has 3 rings (SSSR count). The quantitative estimate of drug-likeness (QED) is 0.867. The minimum atomic E-state index is -0.329. The van der Waals surface area contributed by atoms with E-state index < -0.39 is 0 Å². The molecule has 0 atom stereocenters. The van der Waals surface area contributed by atoms with Gasteiger partial charge in [-0.3, -0.25) is 4.90 Å². The van der Waals surface area contributed by atoms with Crippen molar-refractivity contribution in [3.05, 3.63) is 59.8 Å². The molecule has 4 nitrogen and oxygen atoms in total. The SMILES string of the molecule is CN(C)c1ccc(CN2CCC(C#N)(c3ccccc3)CC2)cn1. The van der Waals surface area contributed by atoms with Crippen LogP contribution in [0.3, 0.4) is 0 Å². The second-order valence-electron chi connectivity index (χ2n) is 6.76. The largest absolute Gasteiger partial charge is 0.363 e. The second kappa shape index (κ2) is 7.02. The number of likely N-dealkylation sites (tertiary alicyclic amines) is 1. The Labute approximate surface area is 144 Å². The summed E-state index contributed by atoms with van der Waals surface area (Å²) >= 11 is 0. The summed E-state index contributed by atoms with van der Waals surface area (Å²) in [5, 5.41) is 9.77. The Balaban J connectivity index is 1.63. The fraction of sp³-hybridized carbons (Fsp3) is 0.400. The maximum absolute atomic E-state index is 9.77. The zero-order valence-corrected chi connectivity index (χ0v) is 14.4. The number of nitrogens with zero attached hydrogens (tertiary/aromatic N) is 4. The highest BCUT2D eigenvalue weighted by molar-refractivity contribution is 5.37. The summed E-state index contributed by atoms with van der Waals surface area (Å²) in [4.78, 5) is 8.91. The molecule has 0 saturated carbocycles. The number of benzene rings is 1. The van der Waals surface area contributed by atoms with Crippen LogP contribution in [0.4, 0.5) is 5.82 Å². The van der Waals surface area contributed by atoms with Crippen LogP contribution in [0.1, 0.15) is 24.0 Å². The topological polar surface area (TPSA) is 43.2 Å². The molecule has 1 aromatic heterocycles.